The highest BCUT2D eigenvalue weighted by atomic mass is 32.1. The number of benzene rings is 2. The lowest BCUT2D eigenvalue weighted by molar-refractivity contribution is 0.0965. The molecule has 1 amide bonds. The molecule has 0 bridgehead atoms. The fourth-order valence-corrected chi connectivity index (χ4v) is 6.62. The van der Waals surface area contributed by atoms with Gasteiger partial charge in [0.1, 0.15) is 0 Å². The molecule has 2 aliphatic rings. The average molecular weight is 467 g/mol. The van der Waals surface area contributed by atoms with E-state index >= 15 is 0 Å². The molecule has 2 aromatic carbocycles. The fraction of sp³-hybridized carbons (Fsp3) is 0.222. The maximum atomic E-state index is 13.1. The van der Waals surface area contributed by atoms with Crippen LogP contribution in [0.3, 0.4) is 0 Å². The number of hydrogen-bond donors (Lipinski definition) is 1. The lowest BCUT2D eigenvalue weighted by Gasteiger charge is -2.21. The van der Waals surface area contributed by atoms with Crippen molar-refractivity contribution in [2.24, 2.45) is 7.05 Å². The van der Waals surface area contributed by atoms with Crippen LogP contribution in [-0.2, 0) is 33.0 Å². The fourth-order valence-electron chi connectivity index (χ4n) is 5.94. The molecule has 3 aromatic heterocycles. The lowest BCUT2D eigenvalue weighted by atomic mass is 9.82. The normalized spacial score (nSPS) is 14.4. The predicted octanol–water partition coefficient (Wildman–Crippen LogP) is 4.85. The summed E-state index contributed by atoms with van der Waals surface area (Å²) < 4.78 is 4.20. The van der Waals surface area contributed by atoms with Crippen LogP contribution in [-0.4, -0.2) is 26.0 Å². The Bertz CT molecular complexity index is 1690. The van der Waals surface area contributed by atoms with Gasteiger partial charge in [-0.15, -0.1) is 11.3 Å². The van der Waals surface area contributed by atoms with Crippen LogP contribution in [0.4, 0.5) is 0 Å². The van der Waals surface area contributed by atoms with E-state index in [0.29, 0.717) is 12.1 Å². The Morgan fingerprint density at radius 2 is 2.06 bits per heavy atom. The first-order valence-electron chi connectivity index (χ1n) is 11.6. The number of hydrogen-bond acceptors (Lipinski definition) is 4. The number of fused-ring (bicyclic) bond motifs is 10. The van der Waals surface area contributed by atoms with E-state index in [2.05, 4.69) is 28.0 Å². The van der Waals surface area contributed by atoms with Crippen LogP contribution in [0.1, 0.15) is 49.3 Å². The molecule has 168 valence electrons. The maximum absolute atomic E-state index is 13.1. The molecule has 0 saturated carbocycles. The summed E-state index contributed by atoms with van der Waals surface area (Å²) in [6.07, 6.45) is 3.74. The van der Waals surface area contributed by atoms with E-state index in [1.807, 2.05) is 47.6 Å². The van der Waals surface area contributed by atoms with Gasteiger partial charge in [0.25, 0.3) is 5.91 Å². The minimum absolute atomic E-state index is 0.0203. The van der Waals surface area contributed by atoms with E-state index in [1.54, 1.807) is 0 Å². The van der Waals surface area contributed by atoms with Crippen LogP contribution in [0.2, 0.25) is 0 Å². The Morgan fingerprint density at radius 1 is 1.18 bits per heavy atom. The quantitative estimate of drug-likeness (QED) is 0.387. The van der Waals surface area contributed by atoms with Crippen LogP contribution >= 0.6 is 11.3 Å². The summed E-state index contributed by atoms with van der Waals surface area (Å²) in [5.41, 5.74) is 9.18. The molecule has 0 unspecified atom stereocenters. The molecule has 34 heavy (non-hydrogen) atoms. The molecule has 0 atom stereocenters. The number of nitrogens with one attached hydrogen (secondary N) is 1. The maximum Gasteiger partial charge on any atom is 0.252 e. The van der Waals surface area contributed by atoms with Gasteiger partial charge in [0.15, 0.2) is 0 Å². The van der Waals surface area contributed by atoms with E-state index in [4.69, 9.17) is 0 Å². The second-order valence-electron chi connectivity index (χ2n) is 9.06. The zero-order chi connectivity index (χ0) is 23.1. The number of amides is 1. The van der Waals surface area contributed by atoms with Gasteiger partial charge in [0.2, 0.25) is 5.78 Å². The molecule has 6 nitrogen and oxygen atoms in total. The number of aryl methyl sites for hydroxylation is 4. The third-order valence-corrected chi connectivity index (χ3v) is 8.14. The Balaban J connectivity index is 1.61. The number of rotatable bonds is 3. The number of ketones is 1. The van der Waals surface area contributed by atoms with Crippen molar-refractivity contribution in [2.45, 2.75) is 32.9 Å². The number of nitrogens with zero attached hydrogens (tertiary/aromatic N) is 3. The van der Waals surface area contributed by atoms with Crippen LogP contribution in [0.15, 0.2) is 41.9 Å². The summed E-state index contributed by atoms with van der Waals surface area (Å²) in [6.45, 7) is 3.47. The van der Waals surface area contributed by atoms with E-state index in [1.165, 1.54) is 22.4 Å². The van der Waals surface area contributed by atoms with Crippen molar-refractivity contribution in [3.05, 3.63) is 74.7 Å². The molecule has 7 heteroatoms. The van der Waals surface area contributed by atoms with Gasteiger partial charge in [-0.05, 0) is 60.5 Å². The summed E-state index contributed by atoms with van der Waals surface area (Å²) >= 11 is 1.46. The molecule has 7 rings (SSSR count). The summed E-state index contributed by atoms with van der Waals surface area (Å²) in [5, 5.41) is 11.8. The van der Waals surface area contributed by atoms with Gasteiger partial charge in [-0.2, -0.15) is 5.10 Å². The monoisotopic (exact) mass is 466 g/mol. The summed E-state index contributed by atoms with van der Waals surface area (Å²) in [5.74, 6) is 0.0196. The lowest BCUT2D eigenvalue weighted by Crippen LogP contribution is -2.15. The summed E-state index contributed by atoms with van der Waals surface area (Å²) in [7, 11) is 1.94. The van der Waals surface area contributed by atoms with Gasteiger partial charge in [0, 0.05) is 59.3 Å². The molecule has 0 radical (unpaired) electrons. The van der Waals surface area contributed by atoms with E-state index in [0.717, 1.165) is 68.5 Å². The average Bonchev–Trinajstić information content (AvgIpc) is 3.62. The SMILES string of the molecule is CCn1c2ccc(C(=O)c3cccs3)cc2c2c3c(c4c(c21)CCc1nn(C)cc1-4)C(=O)NC3. The first-order chi connectivity index (χ1) is 16.6. The smallest absolute Gasteiger partial charge is 0.252 e. The Hall–Kier alpha value is -3.71. The molecule has 1 aliphatic heterocycles. The Kier molecular flexibility index (Phi) is 4.00. The van der Waals surface area contributed by atoms with Crippen LogP contribution < -0.4 is 5.32 Å². The largest absolute Gasteiger partial charge is 0.348 e. The molecule has 5 aromatic rings. The Morgan fingerprint density at radius 3 is 2.85 bits per heavy atom. The van der Waals surface area contributed by atoms with E-state index in [-0.39, 0.29) is 11.7 Å². The van der Waals surface area contributed by atoms with Crippen molar-refractivity contribution in [1.82, 2.24) is 19.7 Å². The number of carbonyl (C=O) groups is 2. The molecule has 1 N–H and O–H groups in total. The van der Waals surface area contributed by atoms with Crippen molar-refractivity contribution in [3.8, 4) is 11.1 Å². The number of carbonyl (C=O) groups excluding carboxylic acids is 2. The molecule has 0 fully saturated rings. The third-order valence-electron chi connectivity index (χ3n) is 7.27. The molecule has 0 spiro atoms. The van der Waals surface area contributed by atoms with Crippen LogP contribution in [0.5, 0.6) is 0 Å². The zero-order valence-corrected chi connectivity index (χ0v) is 19.8. The second-order valence-corrected chi connectivity index (χ2v) is 10.0. The molecule has 0 saturated heterocycles. The van der Waals surface area contributed by atoms with Gasteiger partial charge >= 0.3 is 0 Å². The predicted molar refractivity (Wildman–Crippen MR) is 134 cm³/mol. The van der Waals surface area contributed by atoms with Crippen molar-refractivity contribution in [2.75, 3.05) is 0 Å². The van der Waals surface area contributed by atoms with E-state index < -0.39 is 0 Å². The summed E-state index contributed by atoms with van der Waals surface area (Å²) in [6, 6.07) is 9.81. The molecular formula is C27H22N4O2S. The van der Waals surface area contributed by atoms with Crippen LogP contribution in [0.25, 0.3) is 32.9 Å². The standard InChI is InChI=1S/C27H22N4O2S/c1-3-31-20-9-6-14(26(32)21-5-4-10-34-21)11-16(20)23-17-12-28-27(33)24(17)22-15(25(23)31)7-8-19-18(22)13-30(2)29-19/h4-6,9-11,13H,3,7-8,12H2,1-2H3,(H,28,33). The van der Waals surface area contributed by atoms with Gasteiger partial charge in [-0.3, -0.25) is 14.3 Å². The highest BCUT2D eigenvalue weighted by molar-refractivity contribution is 7.12. The highest BCUT2D eigenvalue weighted by Crippen LogP contribution is 2.46. The summed E-state index contributed by atoms with van der Waals surface area (Å²) in [4.78, 5) is 27.0. The van der Waals surface area contributed by atoms with Crippen molar-refractivity contribution < 1.29 is 9.59 Å². The number of aromatic nitrogens is 3. The van der Waals surface area contributed by atoms with Gasteiger partial charge in [-0.1, -0.05) is 6.07 Å². The zero-order valence-electron chi connectivity index (χ0n) is 18.9. The van der Waals surface area contributed by atoms with Gasteiger partial charge in [0.05, 0.1) is 21.7 Å². The topological polar surface area (TPSA) is 68.9 Å². The van der Waals surface area contributed by atoms with E-state index in [9.17, 15) is 9.59 Å². The second kappa shape index (κ2) is 6.90. The third kappa shape index (κ3) is 2.47. The molecule has 1 aliphatic carbocycles. The van der Waals surface area contributed by atoms with Crippen molar-refractivity contribution >= 4 is 44.8 Å². The van der Waals surface area contributed by atoms with Crippen molar-refractivity contribution in [1.29, 1.82) is 0 Å². The number of thiophene rings is 1. The van der Waals surface area contributed by atoms with Gasteiger partial charge < -0.3 is 9.88 Å². The Labute approximate surface area is 199 Å². The highest BCUT2D eigenvalue weighted by Gasteiger charge is 2.35. The van der Waals surface area contributed by atoms with Crippen LogP contribution in [0, 0.1) is 0 Å². The molecular weight excluding hydrogens is 444 g/mol. The van der Waals surface area contributed by atoms with Gasteiger partial charge in [-0.25, -0.2) is 0 Å². The first kappa shape index (κ1) is 19.7. The minimum atomic E-state index is -0.0203. The molecule has 4 heterocycles. The minimum Gasteiger partial charge on any atom is -0.348 e. The van der Waals surface area contributed by atoms with Crippen molar-refractivity contribution in [3.63, 3.8) is 0 Å². The first-order valence-corrected chi connectivity index (χ1v) is 12.5.